The molecule has 1 saturated heterocycles. The van der Waals surface area contributed by atoms with Crippen LogP contribution in [0.25, 0.3) is 0 Å². The van der Waals surface area contributed by atoms with Gasteiger partial charge in [0.05, 0.1) is 6.54 Å². The number of halogens is 1. The zero-order valence-corrected chi connectivity index (χ0v) is 18.1. The minimum absolute atomic E-state index is 0. The lowest BCUT2D eigenvalue weighted by molar-refractivity contribution is 0.0935. The lowest BCUT2D eigenvalue weighted by Crippen LogP contribution is -2.50. The van der Waals surface area contributed by atoms with Crippen LogP contribution in [0.2, 0.25) is 0 Å². The topological polar surface area (TPSA) is 58.1 Å². The van der Waals surface area contributed by atoms with Crippen LogP contribution < -0.4 is 20.1 Å². The molecule has 3 rings (SSSR count). The number of likely N-dealkylation sites (tertiary alicyclic amines) is 1. The van der Waals surface area contributed by atoms with Gasteiger partial charge in [-0.05, 0) is 38.1 Å². The molecule has 2 aliphatic heterocycles. The Kier molecular flexibility index (Phi) is 8.77. The average Bonchev–Trinajstić information content (AvgIpc) is 2.68. The Bertz CT molecular complexity index is 584. The van der Waals surface area contributed by atoms with Gasteiger partial charge in [0.1, 0.15) is 12.7 Å². The number of hydrogen-bond donors (Lipinski definition) is 2. The van der Waals surface area contributed by atoms with E-state index in [-0.39, 0.29) is 30.1 Å². The second kappa shape index (κ2) is 10.8. The molecule has 0 spiro atoms. The molecule has 7 heteroatoms. The fraction of sp³-hybridized carbons (Fsp3) is 0.632. The third kappa shape index (κ3) is 5.64. The maximum Gasteiger partial charge on any atom is 0.191 e. The number of aliphatic imine (C=N–C) groups is 1. The minimum atomic E-state index is -0.0183. The first-order valence-electron chi connectivity index (χ1n) is 9.37. The summed E-state index contributed by atoms with van der Waals surface area (Å²) in [5.41, 5.74) is 0. The van der Waals surface area contributed by atoms with Crippen molar-refractivity contribution in [1.82, 2.24) is 15.5 Å². The van der Waals surface area contributed by atoms with Crippen LogP contribution in [0.3, 0.4) is 0 Å². The van der Waals surface area contributed by atoms with Crippen molar-refractivity contribution in [2.45, 2.75) is 38.3 Å². The largest absolute Gasteiger partial charge is 0.486 e. The van der Waals surface area contributed by atoms with Crippen molar-refractivity contribution in [3.8, 4) is 11.5 Å². The molecule has 2 atom stereocenters. The van der Waals surface area contributed by atoms with Crippen LogP contribution in [0.15, 0.2) is 29.3 Å². The zero-order chi connectivity index (χ0) is 17.5. The number of piperidine rings is 1. The molecule has 1 aromatic carbocycles. The van der Waals surface area contributed by atoms with Crippen LogP contribution in [0, 0.1) is 0 Å². The van der Waals surface area contributed by atoms with E-state index in [1.807, 2.05) is 24.3 Å². The number of guanidine groups is 1. The van der Waals surface area contributed by atoms with E-state index in [9.17, 15) is 0 Å². The molecule has 0 amide bonds. The molecule has 0 radical (unpaired) electrons. The van der Waals surface area contributed by atoms with E-state index in [0.717, 1.165) is 30.5 Å². The van der Waals surface area contributed by atoms with Crippen molar-refractivity contribution in [2.75, 3.05) is 39.8 Å². The quantitative estimate of drug-likeness (QED) is 0.390. The number of likely N-dealkylation sites (N-methyl/N-ethyl adjacent to an activating group) is 1. The van der Waals surface area contributed by atoms with Crippen molar-refractivity contribution >= 4 is 29.9 Å². The number of fused-ring (bicyclic) bond motifs is 1. The van der Waals surface area contributed by atoms with Crippen LogP contribution >= 0.6 is 24.0 Å². The van der Waals surface area contributed by atoms with E-state index in [0.29, 0.717) is 19.2 Å². The molecule has 26 heavy (non-hydrogen) atoms. The van der Waals surface area contributed by atoms with Crippen LogP contribution in [-0.4, -0.2) is 62.8 Å². The van der Waals surface area contributed by atoms with Crippen LogP contribution in [-0.2, 0) is 0 Å². The van der Waals surface area contributed by atoms with Gasteiger partial charge < -0.3 is 20.1 Å². The third-order valence-corrected chi connectivity index (χ3v) is 4.95. The lowest BCUT2D eigenvalue weighted by atomic mass is 10.0. The molecule has 1 aromatic rings. The zero-order valence-electron chi connectivity index (χ0n) is 15.7. The molecule has 0 bridgehead atoms. The summed E-state index contributed by atoms with van der Waals surface area (Å²) in [6.45, 7) is 6.71. The Morgan fingerprint density at radius 1 is 1.19 bits per heavy atom. The van der Waals surface area contributed by atoms with Gasteiger partial charge in [0.2, 0.25) is 0 Å². The van der Waals surface area contributed by atoms with Crippen LogP contribution in [0.4, 0.5) is 0 Å². The molecule has 146 valence electrons. The van der Waals surface area contributed by atoms with Gasteiger partial charge in [-0.15, -0.1) is 24.0 Å². The molecule has 0 saturated carbocycles. The standard InChI is InChI=1S/C19H30N4O2.HI/c1-3-23-11-7-6-8-15(23)12-21-19(20-2)22-13-16-14-24-17-9-4-5-10-18(17)25-16;/h4-5,9-10,15-16H,3,6-8,11-14H2,1-2H3,(H2,20,21,22);1H. The smallest absolute Gasteiger partial charge is 0.191 e. The highest BCUT2D eigenvalue weighted by Gasteiger charge is 2.22. The second-order valence-electron chi connectivity index (χ2n) is 6.61. The van der Waals surface area contributed by atoms with Gasteiger partial charge >= 0.3 is 0 Å². The molecule has 2 heterocycles. The van der Waals surface area contributed by atoms with Crippen molar-refractivity contribution < 1.29 is 9.47 Å². The number of hydrogen-bond acceptors (Lipinski definition) is 4. The van der Waals surface area contributed by atoms with Gasteiger partial charge in [0, 0.05) is 19.6 Å². The molecule has 6 nitrogen and oxygen atoms in total. The first kappa shape index (κ1) is 21.1. The summed E-state index contributed by atoms with van der Waals surface area (Å²) in [7, 11) is 1.81. The average molecular weight is 474 g/mol. The van der Waals surface area contributed by atoms with E-state index >= 15 is 0 Å². The van der Waals surface area contributed by atoms with Gasteiger partial charge in [0.15, 0.2) is 17.5 Å². The summed E-state index contributed by atoms with van der Waals surface area (Å²) in [5, 5.41) is 6.82. The number of nitrogens with one attached hydrogen (secondary N) is 2. The fourth-order valence-electron chi connectivity index (χ4n) is 3.52. The molecule has 0 aliphatic carbocycles. The van der Waals surface area contributed by atoms with Crippen molar-refractivity contribution in [1.29, 1.82) is 0 Å². The monoisotopic (exact) mass is 474 g/mol. The SMILES string of the molecule is CCN1CCCCC1CNC(=NC)NCC1COc2ccccc2O1.I. The Morgan fingerprint density at radius 3 is 2.73 bits per heavy atom. The summed E-state index contributed by atoms with van der Waals surface area (Å²) in [6.07, 6.45) is 3.88. The van der Waals surface area contributed by atoms with Gasteiger partial charge in [-0.3, -0.25) is 9.89 Å². The lowest BCUT2D eigenvalue weighted by Gasteiger charge is -2.35. The Balaban J connectivity index is 0.00000243. The Hall–Kier alpha value is -1.22. The predicted molar refractivity (Wildman–Crippen MR) is 116 cm³/mol. The van der Waals surface area contributed by atoms with Gasteiger partial charge in [0.25, 0.3) is 0 Å². The Morgan fingerprint density at radius 2 is 1.96 bits per heavy atom. The number of ether oxygens (including phenoxy) is 2. The summed E-state index contributed by atoms with van der Waals surface area (Å²) in [4.78, 5) is 6.89. The first-order valence-corrected chi connectivity index (χ1v) is 9.37. The number of rotatable bonds is 5. The number of nitrogens with zero attached hydrogens (tertiary/aromatic N) is 2. The molecular weight excluding hydrogens is 443 g/mol. The van der Waals surface area contributed by atoms with Crippen LogP contribution in [0.5, 0.6) is 11.5 Å². The van der Waals surface area contributed by atoms with E-state index in [1.54, 1.807) is 7.05 Å². The summed E-state index contributed by atoms with van der Waals surface area (Å²) in [6, 6.07) is 8.39. The summed E-state index contributed by atoms with van der Waals surface area (Å²) >= 11 is 0. The van der Waals surface area contributed by atoms with E-state index in [4.69, 9.17) is 9.47 Å². The number of benzene rings is 1. The maximum atomic E-state index is 5.98. The van der Waals surface area contributed by atoms with Crippen molar-refractivity contribution in [3.63, 3.8) is 0 Å². The van der Waals surface area contributed by atoms with E-state index in [2.05, 4.69) is 27.4 Å². The minimum Gasteiger partial charge on any atom is -0.486 e. The predicted octanol–water partition coefficient (Wildman–Crippen LogP) is 2.48. The highest BCUT2D eigenvalue weighted by molar-refractivity contribution is 14.0. The van der Waals surface area contributed by atoms with Crippen molar-refractivity contribution in [2.24, 2.45) is 4.99 Å². The molecule has 2 N–H and O–H groups in total. The maximum absolute atomic E-state index is 5.98. The van der Waals surface area contributed by atoms with Gasteiger partial charge in [-0.2, -0.15) is 0 Å². The van der Waals surface area contributed by atoms with E-state index in [1.165, 1.54) is 25.8 Å². The first-order chi connectivity index (χ1) is 12.3. The highest BCUT2D eigenvalue weighted by Crippen LogP contribution is 2.30. The fourth-order valence-corrected chi connectivity index (χ4v) is 3.52. The second-order valence-corrected chi connectivity index (χ2v) is 6.61. The number of para-hydroxylation sites is 2. The molecule has 2 aliphatic rings. The molecular formula is C19H31IN4O2. The third-order valence-electron chi connectivity index (χ3n) is 4.95. The molecule has 1 fully saturated rings. The summed E-state index contributed by atoms with van der Waals surface area (Å²) in [5.74, 6) is 2.45. The van der Waals surface area contributed by atoms with E-state index < -0.39 is 0 Å². The normalized spacial score (nSPS) is 23.1. The molecule has 2 unspecified atom stereocenters. The molecule has 0 aromatic heterocycles. The van der Waals surface area contributed by atoms with Crippen LogP contribution in [0.1, 0.15) is 26.2 Å². The summed E-state index contributed by atoms with van der Waals surface area (Å²) < 4.78 is 11.7. The highest BCUT2D eigenvalue weighted by atomic mass is 127. The van der Waals surface area contributed by atoms with Gasteiger partial charge in [-0.1, -0.05) is 25.5 Å². The van der Waals surface area contributed by atoms with Gasteiger partial charge in [-0.25, -0.2) is 0 Å². The Labute approximate surface area is 173 Å². The van der Waals surface area contributed by atoms with Crippen molar-refractivity contribution in [3.05, 3.63) is 24.3 Å².